The zero-order chi connectivity index (χ0) is 7.98. The summed E-state index contributed by atoms with van der Waals surface area (Å²) in [6.45, 7) is 2.01. The molecule has 0 aromatic rings. The van der Waals surface area contributed by atoms with Crippen molar-refractivity contribution in [3.05, 3.63) is 6.29 Å². The van der Waals surface area contributed by atoms with Crippen LogP contribution >= 0.6 is 0 Å². The highest BCUT2D eigenvalue weighted by Crippen LogP contribution is 2.13. The van der Waals surface area contributed by atoms with Crippen LogP contribution < -0.4 is 0 Å². The summed E-state index contributed by atoms with van der Waals surface area (Å²) in [6, 6.07) is 0. The van der Waals surface area contributed by atoms with Gasteiger partial charge in [0, 0.05) is 21.3 Å². The molecule has 0 N–H and O–H groups in total. The van der Waals surface area contributed by atoms with Crippen molar-refractivity contribution in [3.63, 3.8) is 0 Å². The summed E-state index contributed by atoms with van der Waals surface area (Å²) in [6.07, 6.45) is 1.34. The summed E-state index contributed by atoms with van der Waals surface area (Å²) in [4.78, 5) is 0. The molecule has 0 amide bonds. The summed E-state index contributed by atoms with van der Waals surface area (Å²) in [5.41, 5.74) is 0. The van der Waals surface area contributed by atoms with E-state index in [-0.39, 0.29) is 6.10 Å². The van der Waals surface area contributed by atoms with E-state index in [1.807, 2.05) is 6.92 Å². The SMILES string of the molecule is CCC(OC)[C](OC)OC. The third-order valence-corrected chi connectivity index (χ3v) is 1.32. The fourth-order valence-electron chi connectivity index (χ4n) is 0.776. The first-order chi connectivity index (χ1) is 4.79. The number of rotatable bonds is 5. The molecule has 0 rings (SSSR count). The van der Waals surface area contributed by atoms with Crippen molar-refractivity contribution in [2.75, 3.05) is 21.3 Å². The van der Waals surface area contributed by atoms with Crippen molar-refractivity contribution in [3.8, 4) is 0 Å². The van der Waals surface area contributed by atoms with E-state index in [0.717, 1.165) is 6.42 Å². The molecule has 0 aromatic heterocycles. The molecule has 0 fully saturated rings. The fourth-order valence-corrected chi connectivity index (χ4v) is 0.776. The Morgan fingerprint density at radius 3 is 1.80 bits per heavy atom. The molecule has 0 aliphatic heterocycles. The lowest BCUT2D eigenvalue weighted by atomic mass is 10.3. The second kappa shape index (κ2) is 5.65. The quantitative estimate of drug-likeness (QED) is 0.584. The summed E-state index contributed by atoms with van der Waals surface area (Å²) >= 11 is 0. The van der Waals surface area contributed by atoms with Gasteiger partial charge in [0.15, 0.2) is 0 Å². The minimum Gasteiger partial charge on any atom is -0.376 e. The van der Waals surface area contributed by atoms with Crippen LogP contribution in [0.5, 0.6) is 0 Å². The maximum Gasteiger partial charge on any atom is 0.253 e. The van der Waals surface area contributed by atoms with Crippen LogP contribution in [0.25, 0.3) is 0 Å². The standard InChI is InChI=1S/C7H15O3/c1-5-6(8-2)7(9-3)10-4/h6H,5H2,1-4H3. The van der Waals surface area contributed by atoms with Gasteiger partial charge in [-0.3, -0.25) is 0 Å². The molecule has 0 saturated heterocycles. The maximum atomic E-state index is 5.06. The summed E-state index contributed by atoms with van der Waals surface area (Å²) in [7, 11) is 4.77. The Labute approximate surface area is 62.3 Å². The molecule has 0 aliphatic carbocycles. The molecule has 0 aromatic carbocycles. The Bertz CT molecular complexity index is 57.3. The molecule has 3 heteroatoms. The molecule has 0 heterocycles. The average molecular weight is 147 g/mol. The van der Waals surface area contributed by atoms with Crippen molar-refractivity contribution in [1.82, 2.24) is 0 Å². The second-order valence-electron chi connectivity index (χ2n) is 1.86. The molecule has 61 valence electrons. The summed E-state index contributed by atoms with van der Waals surface area (Å²) in [5.74, 6) is 0. The fraction of sp³-hybridized carbons (Fsp3) is 0.857. The van der Waals surface area contributed by atoms with E-state index in [1.54, 1.807) is 21.3 Å². The number of hydrogen-bond acceptors (Lipinski definition) is 3. The lowest BCUT2D eigenvalue weighted by molar-refractivity contribution is -0.0835. The first-order valence-corrected chi connectivity index (χ1v) is 3.27. The largest absolute Gasteiger partial charge is 0.376 e. The van der Waals surface area contributed by atoms with Crippen LogP contribution in [0.4, 0.5) is 0 Å². The van der Waals surface area contributed by atoms with E-state index in [4.69, 9.17) is 14.2 Å². The van der Waals surface area contributed by atoms with Crippen molar-refractivity contribution in [1.29, 1.82) is 0 Å². The van der Waals surface area contributed by atoms with E-state index < -0.39 is 0 Å². The molecule has 3 nitrogen and oxygen atoms in total. The first-order valence-electron chi connectivity index (χ1n) is 3.27. The van der Waals surface area contributed by atoms with Crippen LogP contribution in [-0.4, -0.2) is 27.4 Å². The zero-order valence-electron chi connectivity index (χ0n) is 7.01. The average Bonchev–Trinajstić information content (AvgIpc) is 2.00. The van der Waals surface area contributed by atoms with Gasteiger partial charge in [0.1, 0.15) is 6.10 Å². The van der Waals surface area contributed by atoms with Gasteiger partial charge in [0.2, 0.25) is 0 Å². The van der Waals surface area contributed by atoms with E-state index in [0.29, 0.717) is 6.29 Å². The molecule has 1 atom stereocenters. The Balaban J connectivity index is 3.70. The Morgan fingerprint density at radius 1 is 1.20 bits per heavy atom. The van der Waals surface area contributed by atoms with E-state index in [1.165, 1.54) is 0 Å². The molecule has 0 bridgehead atoms. The van der Waals surface area contributed by atoms with Crippen LogP contribution in [0.3, 0.4) is 0 Å². The van der Waals surface area contributed by atoms with Gasteiger partial charge in [-0.05, 0) is 6.42 Å². The van der Waals surface area contributed by atoms with E-state index in [9.17, 15) is 0 Å². The lowest BCUT2D eigenvalue weighted by Gasteiger charge is -2.19. The van der Waals surface area contributed by atoms with Crippen molar-refractivity contribution >= 4 is 0 Å². The molecule has 0 aliphatic rings. The monoisotopic (exact) mass is 147 g/mol. The number of methoxy groups -OCH3 is 3. The molecule has 1 unspecified atom stereocenters. The van der Waals surface area contributed by atoms with E-state index in [2.05, 4.69) is 0 Å². The zero-order valence-corrected chi connectivity index (χ0v) is 7.01. The number of ether oxygens (including phenoxy) is 3. The van der Waals surface area contributed by atoms with Crippen molar-refractivity contribution in [2.24, 2.45) is 0 Å². The maximum absolute atomic E-state index is 5.06. The van der Waals surface area contributed by atoms with E-state index >= 15 is 0 Å². The van der Waals surface area contributed by atoms with Crippen molar-refractivity contribution in [2.45, 2.75) is 19.4 Å². The molecule has 0 spiro atoms. The van der Waals surface area contributed by atoms with Crippen LogP contribution in [0.15, 0.2) is 0 Å². The summed E-state index contributed by atoms with van der Waals surface area (Å²) < 4.78 is 14.9. The minimum atomic E-state index is -0.0463. The van der Waals surface area contributed by atoms with Crippen LogP contribution in [0.1, 0.15) is 13.3 Å². The molecule has 1 radical (unpaired) electrons. The van der Waals surface area contributed by atoms with Gasteiger partial charge < -0.3 is 14.2 Å². The topological polar surface area (TPSA) is 27.7 Å². The third kappa shape index (κ3) is 2.64. The first kappa shape index (κ1) is 9.88. The highest BCUT2D eigenvalue weighted by molar-refractivity contribution is 4.75. The van der Waals surface area contributed by atoms with Crippen molar-refractivity contribution < 1.29 is 14.2 Å². The van der Waals surface area contributed by atoms with Crippen LogP contribution in [-0.2, 0) is 14.2 Å². The smallest absolute Gasteiger partial charge is 0.253 e. The van der Waals surface area contributed by atoms with Crippen LogP contribution in [0.2, 0.25) is 0 Å². The van der Waals surface area contributed by atoms with Gasteiger partial charge in [-0.15, -0.1) is 0 Å². The molecule has 10 heavy (non-hydrogen) atoms. The Hall–Kier alpha value is -0.120. The van der Waals surface area contributed by atoms with Gasteiger partial charge in [-0.2, -0.15) is 0 Å². The van der Waals surface area contributed by atoms with Gasteiger partial charge >= 0.3 is 0 Å². The molecular weight excluding hydrogens is 132 g/mol. The Kier molecular flexibility index (Phi) is 5.58. The third-order valence-electron chi connectivity index (χ3n) is 1.32. The summed E-state index contributed by atoms with van der Waals surface area (Å²) in [5, 5.41) is 0. The molecular formula is C7H15O3. The van der Waals surface area contributed by atoms with Gasteiger partial charge in [0.25, 0.3) is 6.29 Å². The van der Waals surface area contributed by atoms with Gasteiger partial charge in [-0.1, -0.05) is 6.92 Å². The highest BCUT2D eigenvalue weighted by Gasteiger charge is 2.19. The predicted octanol–water partition coefficient (Wildman–Crippen LogP) is 1.19. The molecule has 0 saturated carbocycles. The Morgan fingerprint density at radius 2 is 1.70 bits per heavy atom. The number of hydrogen-bond donors (Lipinski definition) is 0. The van der Waals surface area contributed by atoms with Crippen LogP contribution in [0, 0.1) is 6.29 Å². The minimum absolute atomic E-state index is 0.0463. The van der Waals surface area contributed by atoms with Gasteiger partial charge in [-0.25, -0.2) is 0 Å². The predicted molar refractivity (Wildman–Crippen MR) is 38.3 cm³/mol. The van der Waals surface area contributed by atoms with Gasteiger partial charge in [0.05, 0.1) is 0 Å². The highest BCUT2D eigenvalue weighted by atomic mass is 16.7. The second-order valence-corrected chi connectivity index (χ2v) is 1.86. The lowest BCUT2D eigenvalue weighted by Crippen LogP contribution is -2.22. The normalized spacial score (nSPS) is 14.1.